The van der Waals surface area contributed by atoms with Crippen molar-refractivity contribution < 1.29 is 19.4 Å². The predicted molar refractivity (Wildman–Crippen MR) is 79.0 cm³/mol. The lowest BCUT2D eigenvalue weighted by molar-refractivity contribution is 0.127. The van der Waals surface area contributed by atoms with Crippen molar-refractivity contribution in [3.8, 4) is 11.5 Å². The molecule has 22 heavy (non-hydrogen) atoms. The number of nitrogens with zero attached hydrogens (tertiary/aromatic N) is 1. The molecule has 2 unspecified atom stereocenters. The van der Waals surface area contributed by atoms with Crippen LogP contribution in [0.1, 0.15) is 0 Å². The van der Waals surface area contributed by atoms with E-state index in [9.17, 15) is 9.90 Å². The monoisotopic (exact) mass is 305 g/mol. The number of ether oxygens (including phenoxy) is 2. The van der Waals surface area contributed by atoms with Crippen molar-refractivity contribution >= 4 is 11.7 Å². The van der Waals surface area contributed by atoms with E-state index in [0.717, 1.165) is 13.1 Å². The number of likely N-dealkylation sites (tertiary alicyclic amines) is 1. The van der Waals surface area contributed by atoms with Gasteiger partial charge in [0.1, 0.15) is 0 Å². The fourth-order valence-corrected chi connectivity index (χ4v) is 3.58. The Morgan fingerprint density at radius 3 is 3.14 bits per heavy atom. The van der Waals surface area contributed by atoms with E-state index in [-0.39, 0.29) is 24.8 Å². The van der Waals surface area contributed by atoms with Gasteiger partial charge < -0.3 is 30.1 Å². The molecule has 0 radical (unpaired) electrons. The first-order chi connectivity index (χ1) is 10.7. The quantitative estimate of drug-likeness (QED) is 0.739. The summed E-state index contributed by atoms with van der Waals surface area (Å²) in [7, 11) is 0. The fourth-order valence-electron chi connectivity index (χ4n) is 3.58. The van der Waals surface area contributed by atoms with Crippen LogP contribution in [0.3, 0.4) is 0 Å². The topological polar surface area (TPSA) is 83.1 Å². The standard InChI is InChI=1S/C15H19N3O4/c19-8-15-6-16-4-10(15)5-18(7-15)14(20)17-11-1-2-12-13(3-11)22-9-21-12/h1-3,10,16,19H,4-9H2,(H,17,20). The third-order valence-electron chi connectivity index (χ3n) is 4.91. The normalized spacial score (nSPS) is 28.8. The molecule has 2 saturated heterocycles. The summed E-state index contributed by atoms with van der Waals surface area (Å²) in [5.41, 5.74) is 0.495. The molecule has 3 N–H and O–H groups in total. The Bertz CT molecular complexity index is 608. The molecule has 1 aromatic rings. The van der Waals surface area contributed by atoms with E-state index in [0.29, 0.717) is 36.2 Å². The molecule has 7 nitrogen and oxygen atoms in total. The molecule has 2 atom stereocenters. The largest absolute Gasteiger partial charge is 0.454 e. The average Bonchev–Trinajstić information content (AvgIpc) is 3.19. The minimum atomic E-state index is -0.188. The molecular formula is C15H19N3O4. The van der Waals surface area contributed by atoms with Crippen LogP contribution in [0.4, 0.5) is 10.5 Å². The number of rotatable bonds is 2. The van der Waals surface area contributed by atoms with Crippen LogP contribution in [0.2, 0.25) is 0 Å². The smallest absolute Gasteiger partial charge is 0.321 e. The van der Waals surface area contributed by atoms with Crippen molar-refractivity contribution in [3.05, 3.63) is 18.2 Å². The Morgan fingerprint density at radius 1 is 1.45 bits per heavy atom. The molecule has 2 fully saturated rings. The lowest BCUT2D eigenvalue weighted by Crippen LogP contribution is -2.39. The molecule has 0 bridgehead atoms. The lowest BCUT2D eigenvalue weighted by atomic mass is 9.82. The van der Waals surface area contributed by atoms with Gasteiger partial charge in [0.15, 0.2) is 11.5 Å². The first-order valence-electron chi connectivity index (χ1n) is 7.47. The van der Waals surface area contributed by atoms with Gasteiger partial charge in [0.2, 0.25) is 6.79 Å². The van der Waals surface area contributed by atoms with E-state index in [4.69, 9.17) is 9.47 Å². The van der Waals surface area contributed by atoms with Crippen molar-refractivity contribution in [1.82, 2.24) is 10.2 Å². The SMILES string of the molecule is O=C(Nc1ccc2c(c1)OCO2)N1CC2CNCC2(CO)C1. The first-order valence-corrected chi connectivity index (χ1v) is 7.47. The highest BCUT2D eigenvalue weighted by Gasteiger charge is 2.50. The second kappa shape index (κ2) is 5.03. The molecule has 3 aliphatic rings. The maximum Gasteiger partial charge on any atom is 0.321 e. The van der Waals surface area contributed by atoms with Crippen molar-refractivity contribution in [1.29, 1.82) is 0 Å². The van der Waals surface area contributed by atoms with E-state index < -0.39 is 0 Å². The number of aliphatic hydroxyl groups is 1. The zero-order valence-electron chi connectivity index (χ0n) is 12.2. The van der Waals surface area contributed by atoms with Gasteiger partial charge >= 0.3 is 6.03 Å². The summed E-state index contributed by atoms with van der Waals surface area (Å²) in [6, 6.07) is 5.21. The third-order valence-corrected chi connectivity index (χ3v) is 4.91. The highest BCUT2D eigenvalue weighted by Crippen LogP contribution is 2.39. The van der Waals surface area contributed by atoms with Gasteiger partial charge in [-0.2, -0.15) is 0 Å². The average molecular weight is 305 g/mol. The second-order valence-corrected chi connectivity index (χ2v) is 6.23. The summed E-state index contributed by atoms with van der Waals surface area (Å²) in [5.74, 6) is 1.66. The maximum atomic E-state index is 12.4. The first kappa shape index (κ1) is 13.7. The Balaban J connectivity index is 1.45. The van der Waals surface area contributed by atoms with Crippen LogP contribution in [0, 0.1) is 11.3 Å². The van der Waals surface area contributed by atoms with E-state index in [1.807, 2.05) is 0 Å². The molecule has 4 rings (SSSR count). The zero-order valence-corrected chi connectivity index (χ0v) is 12.2. The Morgan fingerprint density at radius 2 is 2.32 bits per heavy atom. The number of nitrogens with one attached hydrogen (secondary N) is 2. The number of aliphatic hydroxyl groups excluding tert-OH is 1. The Kier molecular flexibility index (Phi) is 3.12. The summed E-state index contributed by atoms with van der Waals surface area (Å²) in [5, 5.41) is 15.9. The number of benzene rings is 1. The van der Waals surface area contributed by atoms with Crippen LogP contribution in [0.5, 0.6) is 11.5 Å². The molecule has 3 aliphatic heterocycles. The van der Waals surface area contributed by atoms with Crippen molar-refractivity contribution in [3.63, 3.8) is 0 Å². The van der Waals surface area contributed by atoms with Crippen LogP contribution in [0.25, 0.3) is 0 Å². The number of carbonyl (C=O) groups excluding carboxylic acids is 1. The molecule has 1 aromatic carbocycles. The van der Waals surface area contributed by atoms with Gasteiger partial charge in [0, 0.05) is 43.3 Å². The number of carbonyl (C=O) groups is 1. The van der Waals surface area contributed by atoms with Crippen LogP contribution in [-0.4, -0.2) is 55.6 Å². The van der Waals surface area contributed by atoms with Crippen LogP contribution >= 0.6 is 0 Å². The molecule has 7 heteroatoms. The number of urea groups is 1. The van der Waals surface area contributed by atoms with Crippen molar-refractivity contribution in [2.75, 3.05) is 44.9 Å². The highest BCUT2D eigenvalue weighted by molar-refractivity contribution is 5.90. The van der Waals surface area contributed by atoms with Gasteiger partial charge in [-0.25, -0.2) is 4.79 Å². The number of anilines is 1. The predicted octanol–water partition coefficient (Wildman–Crippen LogP) is 0.461. The number of hydrogen-bond donors (Lipinski definition) is 3. The molecule has 0 spiro atoms. The summed E-state index contributed by atoms with van der Waals surface area (Å²) in [6.45, 7) is 3.20. The van der Waals surface area contributed by atoms with Crippen LogP contribution < -0.4 is 20.1 Å². The second-order valence-electron chi connectivity index (χ2n) is 6.23. The van der Waals surface area contributed by atoms with E-state index >= 15 is 0 Å². The van der Waals surface area contributed by atoms with E-state index in [2.05, 4.69) is 10.6 Å². The van der Waals surface area contributed by atoms with Gasteiger partial charge in [-0.3, -0.25) is 0 Å². The third kappa shape index (κ3) is 2.08. The van der Waals surface area contributed by atoms with Crippen LogP contribution in [-0.2, 0) is 0 Å². The van der Waals surface area contributed by atoms with Gasteiger partial charge in [0.25, 0.3) is 0 Å². The van der Waals surface area contributed by atoms with Crippen LogP contribution in [0.15, 0.2) is 18.2 Å². The van der Waals surface area contributed by atoms with E-state index in [1.165, 1.54) is 0 Å². The summed E-state index contributed by atoms with van der Waals surface area (Å²) < 4.78 is 10.6. The molecule has 3 heterocycles. The summed E-state index contributed by atoms with van der Waals surface area (Å²) >= 11 is 0. The van der Waals surface area contributed by atoms with Gasteiger partial charge in [-0.1, -0.05) is 0 Å². The molecule has 0 aliphatic carbocycles. The van der Waals surface area contributed by atoms with Crippen molar-refractivity contribution in [2.45, 2.75) is 0 Å². The number of amides is 2. The summed E-state index contributed by atoms with van der Waals surface area (Å²) in [6.07, 6.45) is 0. The van der Waals surface area contributed by atoms with Gasteiger partial charge in [0.05, 0.1) is 6.61 Å². The zero-order chi connectivity index (χ0) is 15.2. The molecule has 2 amide bonds. The fraction of sp³-hybridized carbons (Fsp3) is 0.533. The molecule has 118 valence electrons. The summed E-state index contributed by atoms with van der Waals surface area (Å²) in [4.78, 5) is 14.2. The molecule has 0 aromatic heterocycles. The molecular weight excluding hydrogens is 286 g/mol. The van der Waals surface area contributed by atoms with E-state index in [1.54, 1.807) is 23.1 Å². The minimum absolute atomic E-state index is 0.110. The maximum absolute atomic E-state index is 12.4. The minimum Gasteiger partial charge on any atom is -0.454 e. The van der Waals surface area contributed by atoms with Gasteiger partial charge in [-0.05, 0) is 18.1 Å². The lowest BCUT2D eigenvalue weighted by Gasteiger charge is -2.25. The Hall–Kier alpha value is -1.99. The Labute approximate surface area is 128 Å². The van der Waals surface area contributed by atoms with Gasteiger partial charge in [-0.15, -0.1) is 0 Å². The highest BCUT2D eigenvalue weighted by atomic mass is 16.7. The molecule has 0 saturated carbocycles. The van der Waals surface area contributed by atoms with Crippen molar-refractivity contribution in [2.24, 2.45) is 11.3 Å². The number of hydrogen-bond acceptors (Lipinski definition) is 5. The number of fused-ring (bicyclic) bond motifs is 2.